The van der Waals surface area contributed by atoms with Crippen LogP contribution in [0.15, 0.2) is 0 Å². The molecule has 4 N–H and O–H groups in total. The Balaban J connectivity index is 2.68. The number of phosphoric ester groups is 1. The van der Waals surface area contributed by atoms with Gasteiger partial charge in [0.15, 0.2) is 0 Å². The third-order valence-corrected chi connectivity index (χ3v) is 2.82. The Labute approximate surface area is 75.9 Å². The summed E-state index contributed by atoms with van der Waals surface area (Å²) < 4.78 is 28.4. The molecule has 13 heteroatoms. The summed E-state index contributed by atoms with van der Waals surface area (Å²) in [6.07, 6.45) is 0. The van der Waals surface area contributed by atoms with Crippen LogP contribution in [-0.4, -0.2) is 35.3 Å². The predicted molar refractivity (Wildman–Crippen MR) is 37.8 cm³/mol. The van der Waals surface area contributed by atoms with Crippen molar-refractivity contribution in [3.63, 3.8) is 0 Å². The highest BCUT2D eigenvalue weighted by Gasteiger charge is 2.34. The lowest BCUT2D eigenvalue weighted by atomic mass is 11.3. The van der Waals surface area contributed by atoms with E-state index < -0.39 is 21.7 Å². The van der Waals surface area contributed by atoms with E-state index in [0.29, 0.717) is 0 Å². The van der Waals surface area contributed by atoms with Gasteiger partial charge in [-0.05, 0) is 10.4 Å². The number of aromatic nitrogens is 4. The van der Waals surface area contributed by atoms with Gasteiger partial charge in [0.25, 0.3) is 0 Å². The molecule has 1 unspecified atom stereocenters. The van der Waals surface area contributed by atoms with Gasteiger partial charge in [0.1, 0.15) is 0 Å². The van der Waals surface area contributed by atoms with E-state index in [4.69, 9.17) is 14.7 Å². The van der Waals surface area contributed by atoms with E-state index in [9.17, 15) is 9.13 Å². The Kier molecular flexibility index (Phi) is 3.00. The highest BCUT2D eigenvalue weighted by molar-refractivity contribution is 7.60. The molecule has 11 nitrogen and oxygen atoms in total. The molecular formula is CH4N4O7P2. The summed E-state index contributed by atoms with van der Waals surface area (Å²) in [7, 11) is -10.1. The van der Waals surface area contributed by atoms with Crippen molar-refractivity contribution < 1.29 is 32.6 Å². The van der Waals surface area contributed by atoms with Gasteiger partial charge in [-0.2, -0.15) is 4.31 Å². The van der Waals surface area contributed by atoms with Gasteiger partial charge in [-0.1, -0.05) is 5.10 Å². The van der Waals surface area contributed by atoms with Gasteiger partial charge < -0.3 is 14.3 Å². The highest BCUT2D eigenvalue weighted by Crippen LogP contribution is 2.56. The Morgan fingerprint density at radius 2 is 1.93 bits per heavy atom. The molecule has 0 bridgehead atoms. The first-order valence-electron chi connectivity index (χ1n) is 2.81. The second-order valence-electron chi connectivity index (χ2n) is 1.84. The van der Waals surface area contributed by atoms with Crippen LogP contribution < -0.4 is 4.52 Å². The molecule has 0 amide bonds. The first-order chi connectivity index (χ1) is 6.29. The van der Waals surface area contributed by atoms with E-state index in [1.54, 1.807) is 0 Å². The average Bonchev–Trinajstić information content (AvgIpc) is 2.31. The number of nitrogens with one attached hydrogen (secondary N) is 1. The summed E-state index contributed by atoms with van der Waals surface area (Å²) in [5.74, 6) is 0. The van der Waals surface area contributed by atoms with Crippen molar-refractivity contribution in [2.24, 2.45) is 0 Å². The van der Waals surface area contributed by atoms with Crippen LogP contribution in [0.2, 0.25) is 0 Å². The summed E-state index contributed by atoms with van der Waals surface area (Å²) in [5, 5.41) is 10.9. The molecule has 14 heavy (non-hydrogen) atoms. The van der Waals surface area contributed by atoms with Crippen LogP contribution >= 0.6 is 15.6 Å². The Morgan fingerprint density at radius 3 is 2.36 bits per heavy atom. The average molecular weight is 246 g/mol. The summed E-state index contributed by atoms with van der Waals surface area (Å²) in [4.78, 5) is 25.1. The van der Waals surface area contributed by atoms with Gasteiger partial charge in [0, 0.05) is 0 Å². The van der Waals surface area contributed by atoms with Crippen LogP contribution in [0, 0.1) is 0 Å². The first kappa shape index (κ1) is 11.2. The zero-order valence-corrected chi connectivity index (χ0v) is 8.00. The van der Waals surface area contributed by atoms with Gasteiger partial charge in [0.05, 0.1) is 0 Å². The number of tetrazole rings is 1. The van der Waals surface area contributed by atoms with Crippen LogP contribution in [0.3, 0.4) is 0 Å². The summed E-state index contributed by atoms with van der Waals surface area (Å²) in [6.45, 7) is 0. The topological polar surface area (TPSA) is 168 Å². The van der Waals surface area contributed by atoms with Gasteiger partial charge in [-0.3, -0.25) is 4.89 Å². The fourth-order valence-corrected chi connectivity index (χ4v) is 1.95. The van der Waals surface area contributed by atoms with E-state index in [1.807, 2.05) is 5.10 Å². The molecule has 0 aromatic carbocycles. The van der Waals surface area contributed by atoms with Crippen LogP contribution in [0.4, 0.5) is 0 Å². The van der Waals surface area contributed by atoms with Crippen molar-refractivity contribution >= 4 is 15.6 Å². The van der Waals surface area contributed by atoms with E-state index in [1.165, 1.54) is 0 Å². The highest BCUT2D eigenvalue weighted by atomic mass is 31.3. The van der Waals surface area contributed by atoms with Gasteiger partial charge in [0.2, 0.25) is 0 Å². The fourth-order valence-electron chi connectivity index (χ4n) is 0.449. The van der Waals surface area contributed by atoms with Crippen molar-refractivity contribution in [3.8, 4) is 6.01 Å². The minimum atomic E-state index is -5.13. The minimum absolute atomic E-state index is 0.607. The SMILES string of the molecule is O=P(O)(O)OP(=O)(O)Oc1nnn[nH]1. The normalized spacial score (nSPS) is 16.2. The molecular weight excluding hydrogens is 242 g/mol. The Morgan fingerprint density at radius 1 is 1.29 bits per heavy atom. The number of hydrogen-bond donors (Lipinski definition) is 4. The van der Waals surface area contributed by atoms with Crippen LogP contribution in [0.5, 0.6) is 6.01 Å². The van der Waals surface area contributed by atoms with E-state index >= 15 is 0 Å². The molecule has 0 spiro atoms. The zero-order chi connectivity index (χ0) is 10.8. The lowest BCUT2D eigenvalue weighted by Crippen LogP contribution is -1.97. The number of rotatable bonds is 4. The Bertz CT molecular complexity index is 380. The monoisotopic (exact) mass is 246 g/mol. The summed E-state index contributed by atoms with van der Waals surface area (Å²) in [5.41, 5.74) is 0. The van der Waals surface area contributed by atoms with Crippen molar-refractivity contribution in [1.82, 2.24) is 20.6 Å². The van der Waals surface area contributed by atoms with Crippen LogP contribution in [-0.2, 0) is 13.4 Å². The number of nitrogens with zero attached hydrogens (tertiary/aromatic N) is 3. The molecule has 0 radical (unpaired) electrons. The molecule has 0 saturated heterocycles. The second kappa shape index (κ2) is 3.73. The molecule has 1 heterocycles. The van der Waals surface area contributed by atoms with Gasteiger partial charge in [-0.25, -0.2) is 14.2 Å². The number of aromatic amines is 1. The quantitative estimate of drug-likeness (QED) is 0.472. The molecule has 1 aromatic rings. The fraction of sp³-hybridized carbons (Fsp3) is 0. The molecule has 1 aromatic heterocycles. The molecule has 0 saturated carbocycles. The van der Waals surface area contributed by atoms with Crippen LogP contribution in [0.25, 0.3) is 0 Å². The van der Waals surface area contributed by atoms with E-state index in [0.717, 1.165) is 0 Å². The smallest absolute Gasteiger partial charge is 0.367 e. The minimum Gasteiger partial charge on any atom is -0.367 e. The molecule has 0 aliphatic carbocycles. The second-order valence-corrected chi connectivity index (χ2v) is 4.59. The molecule has 0 aliphatic heterocycles. The summed E-state index contributed by atoms with van der Waals surface area (Å²) in [6, 6.07) is -0.607. The third kappa shape index (κ3) is 3.92. The maximum Gasteiger partial charge on any atom is 0.538 e. The largest absolute Gasteiger partial charge is 0.538 e. The molecule has 0 fully saturated rings. The van der Waals surface area contributed by atoms with Crippen LogP contribution in [0.1, 0.15) is 0 Å². The van der Waals surface area contributed by atoms with Gasteiger partial charge in [-0.15, -0.1) is 0 Å². The maximum atomic E-state index is 10.8. The van der Waals surface area contributed by atoms with Crippen molar-refractivity contribution in [3.05, 3.63) is 0 Å². The zero-order valence-electron chi connectivity index (χ0n) is 6.21. The Hall–Kier alpha value is -0.830. The molecule has 1 rings (SSSR count). The first-order valence-corrected chi connectivity index (χ1v) is 5.84. The van der Waals surface area contributed by atoms with Crippen molar-refractivity contribution in [2.75, 3.05) is 0 Å². The van der Waals surface area contributed by atoms with E-state index in [-0.39, 0.29) is 0 Å². The molecule has 80 valence electrons. The van der Waals surface area contributed by atoms with Gasteiger partial charge >= 0.3 is 21.7 Å². The predicted octanol–water partition coefficient (Wildman–Crippen LogP) is -1.21. The standard InChI is InChI=1S/CH4N4O7P2/c6-13(7,8)12-14(9,10)11-1-2-4-5-3-1/h(H,9,10)(H2,6,7,8)(H,2,3,4,5). The van der Waals surface area contributed by atoms with Crippen molar-refractivity contribution in [1.29, 1.82) is 0 Å². The van der Waals surface area contributed by atoms with E-state index in [2.05, 4.69) is 24.4 Å². The summed E-state index contributed by atoms with van der Waals surface area (Å²) >= 11 is 0. The molecule has 0 aliphatic rings. The lowest BCUT2D eigenvalue weighted by Gasteiger charge is -2.09. The number of H-pyrrole nitrogens is 1. The van der Waals surface area contributed by atoms with Crippen molar-refractivity contribution in [2.45, 2.75) is 0 Å². The lowest BCUT2D eigenvalue weighted by molar-refractivity contribution is 0.226. The number of hydrogen-bond acceptors (Lipinski definition) is 7. The maximum absolute atomic E-state index is 10.8. The third-order valence-electron chi connectivity index (χ3n) is 0.737. The molecule has 1 atom stereocenters. The number of phosphoric acid groups is 2.